The number of carbonyl (C=O) groups excluding carboxylic acids is 2. The number of para-hydroxylation sites is 1. The first-order chi connectivity index (χ1) is 12.5. The molecule has 0 bridgehead atoms. The maximum atomic E-state index is 12.5. The monoisotopic (exact) mass is 354 g/mol. The second kappa shape index (κ2) is 9.61. The Hall–Kier alpha value is -2.82. The van der Waals surface area contributed by atoms with Crippen LogP contribution in [0.25, 0.3) is 0 Å². The first kappa shape index (κ1) is 19.5. The number of anilines is 1. The molecule has 138 valence electrons. The quantitative estimate of drug-likeness (QED) is 0.744. The normalized spacial score (nSPS) is 11.5. The number of hydrogen-bond acceptors (Lipinski definition) is 3. The zero-order valence-corrected chi connectivity index (χ0v) is 15.5. The highest BCUT2D eigenvalue weighted by molar-refractivity contribution is 6.09. The van der Waals surface area contributed by atoms with Gasteiger partial charge >= 0.3 is 0 Å². The van der Waals surface area contributed by atoms with E-state index >= 15 is 0 Å². The number of carbonyl (C=O) groups is 2. The Bertz CT molecular complexity index is 741. The van der Waals surface area contributed by atoms with Gasteiger partial charge in [0.1, 0.15) is 5.75 Å². The van der Waals surface area contributed by atoms with Crippen LogP contribution >= 0.6 is 0 Å². The molecule has 0 aliphatic rings. The third-order valence-corrected chi connectivity index (χ3v) is 4.00. The molecule has 1 atom stereocenters. The highest BCUT2D eigenvalue weighted by Crippen LogP contribution is 2.18. The lowest BCUT2D eigenvalue weighted by Gasteiger charge is -2.14. The predicted octanol–water partition coefficient (Wildman–Crippen LogP) is 4.26. The molecule has 0 aliphatic heterocycles. The van der Waals surface area contributed by atoms with Crippen LogP contribution in [-0.4, -0.2) is 24.5 Å². The molecule has 0 heterocycles. The molecule has 0 fully saturated rings. The van der Waals surface area contributed by atoms with Gasteiger partial charge in [-0.3, -0.25) is 9.59 Å². The largest absolute Gasteiger partial charge is 0.494 e. The van der Waals surface area contributed by atoms with Gasteiger partial charge in [0.25, 0.3) is 11.8 Å². The van der Waals surface area contributed by atoms with Crippen molar-refractivity contribution in [1.82, 2.24) is 5.32 Å². The van der Waals surface area contributed by atoms with Gasteiger partial charge in [0.2, 0.25) is 0 Å². The third kappa shape index (κ3) is 5.34. The minimum atomic E-state index is -0.268. The fraction of sp³-hybridized carbons (Fsp3) is 0.333. The van der Waals surface area contributed by atoms with E-state index in [0.717, 1.165) is 18.6 Å². The SMILES string of the molecule is CCCOc1ccc(C(=O)Nc2ccccc2C(=O)N[C@H](C)CC)cc1. The average molecular weight is 354 g/mol. The summed E-state index contributed by atoms with van der Waals surface area (Å²) in [7, 11) is 0. The minimum Gasteiger partial charge on any atom is -0.494 e. The fourth-order valence-corrected chi connectivity index (χ4v) is 2.31. The molecule has 0 saturated heterocycles. The van der Waals surface area contributed by atoms with Crippen LogP contribution < -0.4 is 15.4 Å². The molecule has 0 spiro atoms. The Kier molecular flexibility index (Phi) is 7.21. The van der Waals surface area contributed by atoms with Crippen molar-refractivity contribution in [1.29, 1.82) is 0 Å². The van der Waals surface area contributed by atoms with Crippen molar-refractivity contribution in [3.8, 4) is 5.75 Å². The van der Waals surface area contributed by atoms with E-state index in [2.05, 4.69) is 10.6 Å². The highest BCUT2D eigenvalue weighted by Gasteiger charge is 2.15. The van der Waals surface area contributed by atoms with Crippen LogP contribution in [0.4, 0.5) is 5.69 Å². The summed E-state index contributed by atoms with van der Waals surface area (Å²) in [6, 6.07) is 14.0. The van der Waals surface area contributed by atoms with Crippen LogP contribution in [0, 0.1) is 0 Å². The van der Waals surface area contributed by atoms with E-state index in [1.807, 2.05) is 20.8 Å². The Morgan fingerprint density at radius 3 is 2.35 bits per heavy atom. The Morgan fingerprint density at radius 2 is 1.69 bits per heavy atom. The third-order valence-electron chi connectivity index (χ3n) is 4.00. The molecular weight excluding hydrogens is 328 g/mol. The second-order valence-corrected chi connectivity index (χ2v) is 6.16. The lowest BCUT2D eigenvalue weighted by molar-refractivity contribution is 0.0940. The topological polar surface area (TPSA) is 67.4 Å². The molecule has 0 saturated carbocycles. The minimum absolute atomic E-state index is 0.0712. The van der Waals surface area contributed by atoms with E-state index in [4.69, 9.17) is 4.74 Å². The average Bonchev–Trinajstić information content (AvgIpc) is 2.66. The van der Waals surface area contributed by atoms with Gasteiger partial charge in [-0.1, -0.05) is 26.0 Å². The number of hydrogen-bond donors (Lipinski definition) is 2. The van der Waals surface area contributed by atoms with Crippen molar-refractivity contribution in [2.75, 3.05) is 11.9 Å². The van der Waals surface area contributed by atoms with Crippen molar-refractivity contribution >= 4 is 17.5 Å². The number of rotatable bonds is 8. The maximum absolute atomic E-state index is 12.5. The molecule has 2 N–H and O–H groups in total. The molecule has 5 heteroatoms. The summed E-state index contributed by atoms with van der Waals surface area (Å²) in [4.78, 5) is 24.9. The van der Waals surface area contributed by atoms with Crippen molar-refractivity contribution in [2.45, 2.75) is 39.7 Å². The standard InChI is InChI=1S/C21H26N2O3/c1-4-14-26-17-12-10-16(11-13-17)20(24)23-19-9-7-6-8-18(19)21(25)22-15(3)5-2/h6-13,15H,4-5,14H2,1-3H3,(H,22,25)(H,23,24)/t15-/m1/s1. The summed E-state index contributed by atoms with van der Waals surface area (Å²) < 4.78 is 5.52. The Morgan fingerprint density at radius 1 is 1.00 bits per heavy atom. The smallest absolute Gasteiger partial charge is 0.255 e. The van der Waals surface area contributed by atoms with Gasteiger partial charge in [-0.15, -0.1) is 0 Å². The van der Waals surface area contributed by atoms with Gasteiger partial charge in [-0.2, -0.15) is 0 Å². The summed E-state index contributed by atoms with van der Waals surface area (Å²) >= 11 is 0. The van der Waals surface area contributed by atoms with E-state index in [-0.39, 0.29) is 17.9 Å². The first-order valence-corrected chi connectivity index (χ1v) is 8.99. The molecule has 0 unspecified atom stereocenters. The summed E-state index contributed by atoms with van der Waals surface area (Å²) in [6.45, 7) is 6.63. The van der Waals surface area contributed by atoms with Gasteiger partial charge in [0.15, 0.2) is 0 Å². The van der Waals surface area contributed by atoms with Gasteiger partial charge in [-0.25, -0.2) is 0 Å². The molecule has 0 aliphatic carbocycles. The lowest BCUT2D eigenvalue weighted by Crippen LogP contribution is -2.32. The van der Waals surface area contributed by atoms with Crippen LogP contribution in [0.2, 0.25) is 0 Å². The zero-order valence-electron chi connectivity index (χ0n) is 15.5. The van der Waals surface area contributed by atoms with Crippen LogP contribution in [0.15, 0.2) is 48.5 Å². The molecular formula is C21H26N2O3. The van der Waals surface area contributed by atoms with Crippen molar-refractivity contribution in [3.05, 3.63) is 59.7 Å². The molecule has 2 aromatic rings. The zero-order chi connectivity index (χ0) is 18.9. The second-order valence-electron chi connectivity index (χ2n) is 6.16. The van der Waals surface area contributed by atoms with Crippen molar-refractivity contribution in [3.63, 3.8) is 0 Å². The molecule has 0 radical (unpaired) electrons. The molecule has 5 nitrogen and oxygen atoms in total. The van der Waals surface area contributed by atoms with Gasteiger partial charge in [0.05, 0.1) is 17.9 Å². The number of amides is 2. The van der Waals surface area contributed by atoms with E-state index in [1.165, 1.54) is 0 Å². The molecule has 2 rings (SSSR count). The van der Waals surface area contributed by atoms with Gasteiger partial charge < -0.3 is 15.4 Å². The first-order valence-electron chi connectivity index (χ1n) is 8.99. The number of ether oxygens (including phenoxy) is 1. The summed E-state index contributed by atoms with van der Waals surface area (Å²) in [6.07, 6.45) is 1.77. The van der Waals surface area contributed by atoms with E-state index in [0.29, 0.717) is 23.4 Å². The van der Waals surface area contributed by atoms with Crippen molar-refractivity contribution < 1.29 is 14.3 Å². The van der Waals surface area contributed by atoms with Crippen LogP contribution in [-0.2, 0) is 0 Å². The summed E-state index contributed by atoms with van der Waals surface area (Å²) in [5.41, 5.74) is 1.44. The van der Waals surface area contributed by atoms with Crippen LogP contribution in [0.1, 0.15) is 54.3 Å². The van der Waals surface area contributed by atoms with E-state index < -0.39 is 0 Å². The number of nitrogens with one attached hydrogen (secondary N) is 2. The van der Waals surface area contributed by atoms with E-state index in [9.17, 15) is 9.59 Å². The predicted molar refractivity (Wildman–Crippen MR) is 104 cm³/mol. The fourth-order valence-electron chi connectivity index (χ4n) is 2.31. The Balaban J connectivity index is 2.10. The molecule has 2 amide bonds. The molecule has 26 heavy (non-hydrogen) atoms. The maximum Gasteiger partial charge on any atom is 0.255 e. The van der Waals surface area contributed by atoms with Crippen molar-refractivity contribution in [2.24, 2.45) is 0 Å². The van der Waals surface area contributed by atoms with Crippen LogP contribution in [0.3, 0.4) is 0 Å². The number of benzene rings is 2. The Labute approximate surface area is 154 Å². The van der Waals surface area contributed by atoms with Crippen LogP contribution in [0.5, 0.6) is 5.75 Å². The van der Waals surface area contributed by atoms with E-state index in [1.54, 1.807) is 48.5 Å². The van der Waals surface area contributed by atoms with Gasteiger partial charge in [0, 0.05) is 11.6 Å². The highest BCUT2D eigenvalue weighted by atomic mass is 16.5. The lowest BCUT2D eigenvalue weighted by atomic mass is 10.1. The van der Waals surface area contributed by atoms with Gasteiger partial charge in [-0.05, 0) is 56.2 Å². The summed E-state index contributed by atoms with van der Waals surface area (Å²) in [5.74, 6) is 0.270. The molecule has 0 aromatic heterocycles. The summed E-state index contributed by atoms with van der Waals surface area (Å²) in [5, 5.41) is 5.74. The molecule has 2 aromatic carbocycles.